The molecule has 0 bridgehead atoms. The van der Waals surface area contributed by atoms with Crippen LogP contribution in [0.3, 0.4) is 0 Å². The summed E-state index contributed by atoms with van der Waals surface area (Å²) in [6, 6.07) is 5.99. The molecular weight excluding hydrogens is 254 g/mol. The van der Waals surface area contributed by atoms with Gasteiger partial charge in [0.1, 0.15) is 23.2 Å². The van der Waals surface area contributed by atoms with Crippen molar-refractivity contribution in [2.24, 2.45) is 5.84 Å². The number of nitrogen functional groups attached to an aromatic ring is 1. The molecule has 4 N–H and O–H groups in total. The lowest BCUT2D eigenvalue weighted by Gasteiger charge is -2.15. The average molecular weight is 275 g/mol. The van der Waals surface area contributed by atoms with Gasteiger partial charge in [0.2, 0.25) is 0 Å². The first-order valence-electron chi connectivity index (χ1n) is 6.84. The van der Waals surface area contributed by atoms with Crippen molar-refractivity contribution in [3.05, 3.63) is 36.0 Å². The Kier molecular flexibility index (Phi) is 4.95. The molecule has 2 aromatic heterocycles. The minimum Gasteiger partial charge on any atom is -0.469 e. The molecule has 0 aromatic carbocycles. The number of anilines is 2. The standard InChI is InChI=1S/C14H21N5O/c1-3-12-17-13(9-14(18-12)19-15)16-10(2)6-7-11-5-4-8-20-11/h4-5,8-10H,3,6-7,15H2,1-2H3,(H2,16,17,18,19). The molecule has 20 heavy (non-hydrogen) atoms. The summed E-state index contributed by atoms with van der Waals surface area (Å²) in [6.07, 6.45) is 4.33. The highest BCUT2D eigenvalue weighted by Crippen LogP contribution is 2.14. The van der Waals surface area contributed by atoms with E-state index in [1.54, 1.807) is 6.26 Å². The van der Waals surface area contributed by atoms with Crippen LogP contribution in [0.4, 0.5) is 11.6 Å². The quantitative estimate of drug-likeness (QED) is 0.531. The van der Waals surface area contributed by atoms with Gasteiger partial charge < -0.3 is 15.2 Å². The molecule has 0 spiro atoms. The molecule has 2 rings (SSSR count). The number of nitrogens with two attached hydrogens (primary N) is 1. The number of nitrogens with one attached hydrogen (secondary N) is 2. The second-order valence-corrected chi connectivity index (χ2v) is 4.72. The van der Waals surface area contributed by atoms with Crippen LogP contribution in [0.25, 0.3) is 0 Å². The maximum absolute atomic E-state index is 5.42. The van der Waals surface area contributed by atoms with E-state index in [-0.39, 0.29) is 6.04 Å². The van der Waals surface area contributed by atoms with Crippen molar-refractivity contribution in [1.82, 2.24) is 9.97 Å². The average Bonchev–Trinajstić information content (AvgIpc) is 2.98. The Labute approximate surface area is 118 Å². The Morgan fingerprint density at radius 3 is 2.80 bits per heavy atom. The van der Waals surface area contributed by atoms with Gasteiger partial charge in [-0.3, -0.25) is 0 Å². The molecule has 0 amide bonds. The largest absolute Gasteiger partial charge is 0.469 e. The molecule has 0 saturated carbocycles. The topological polar surface area (TPSA) is 89.0 Å². The maximum atomic E-state index is 5.42. The van der Waals surface area contributed by atoms with Crippen LogP contribution in [0.15, 0.2) is 28.9 Å². The van der Waals surface area contributed by atoms with Gasteiger partial charge in [-0.05, 0) is 25.5 Å². The predicted molar refractivity (Wildman–Crippen MR) is 79.3 cm³/mol. The summed E-state index contributed by atoms with van der Waals surface area (Å²) in [5, 5.41) is 3.37. The van der Waals surface area contributed by atoms with E-state index in [0.29, 0.717) is 5.82 Å². The van der Waals surface area contributed by atoms with Crippen LogP contribution in [0.2, 0.25) is 0 Å². The number of aromatic nitrogens is 2. The highest BCUT2D eigenvalue weighted by molar-refractivity contribution is 5.47. The van der Waals surface area contributed by atoms with Crippen LogP contribution in [0.1, 0.15) is 31.9 Å². The first-order valence-corrected chi connectivity index (χ1v) is 6.84. The Balaban J connectivity index is 1.94. The Bertz CT molecular complexity index is 504. The summed E-state index contributed by atoms with van der Waals surface area (Å²) in [6.45, 7) is 4.13. The van der Waals surface area contributed by atoms with Gasteiger partial charge in [-0.2, -0.15) is 0 Å². The second-order valence-electron chi connectivity index (χ2n) is 4.72. The molecule has 2 heterocycles. The van der Waals surface area contributed by atoms with E-state index in [1.165, 1.54) is 0 Å². The zero-order valence-electron chi connectivity index (χ0n) is 11.9. The van der Waals surface area contributed by atoms with Gasteiger partial charge in [0.05, 0.1) is 6.26 Å². The van der Waals surface area contributed by atoms with Gasteiger partial charge in [-0.25, -0.2) is 15.8 Å². The lowest BCUT2D eigenvalue weighted by atomic mass is 10.1. The molecule has 0 aliphatic carbocycles. The number of nitrogens with zero attached hydrogens (tertiary/aromatic N) is 2. The number of hydrogen-bond donors (Lipinski definition) is 3. The molecule has 0 radical (unpaired) electrons. The predicted octanol–water partition coefficient (Wildman–Crippen LogP) is 2.35. The third kappa shape index (κ3) is 3.96. The lowest BCUT2D eigenvalue weighted by molar-refractivity contribution is 0.495. The van der Waals surface area contributed by atoms with E-state index >= 15 is 0 Å². The molecule has 6 heteroatoms. The fraction of sp³-hybridized carbons (Fsp3) is 0.429. The summed E-state index contributed by atoms with van der Waals surface area (Å²) in [5.41, 5.74) is 2.56. The summed E-state index contributed by atoms with van der Waals surface area (Å²) in [4.78, 5) is 8.71. The maximum Gasteiger partial charge on any atom is 0.145 e. The van der Waals surface area contributed by atoms with Crippen LogP contribution in [-0.4, -0.2) is 16.0 Å². The highest BCUT2D eigenvalue weighted by atomic mass is 16.3. The fourth-order valence-electron chi connectivity index (χ4n) is 1.94. The first-order chi connectivity index (χ1) is 9.71. The van der Waals surface area contributed by atoms with Crippen LogP contribution >= 0.6 is 0 Å². The highest BCUT2D eigenvalue weighted by Gasteiger charge is 2.07. The Hall–Kier alpha value is -2.08. The summed E-state index contributed by atoms with van der Waals surface area (Å²) in [7, 11) is 0. The molecule has 0 aliphatic rings. The summed E-state index contributed by atoms with van der Waals surface area (Å²) < 4.78 is 5.33. The smallest absolute Gasteiger partial charge is 0.145 e. The van der Waals surface area contributed by atoms with Crippen molar-refractivity contribution < 1.29 is 4.42 Å². The number of hydrogen-bond acceptors (Lipinski definition) is 6. The van der Waals surface area contributed by atoms with Gasteiger partial charge in [-0.15, -0.1) is 0 Å². The normalized spacial score (nSPS) is 12.2. The summed E-state index contributed by atoms with van der Waals surface area (Å²) in [5.74, 6) is 8.59. The summed E-state index contributed by atoms with van der Waals surface area (Å²) >= 11 is 0. The van der Waals surface area contributed by atoms with Gasteiger partial charge >= 0.3 is 0 Å². The monoisotopic (exact) mass is 275 g/mol. The van der Waals surface area contributed by atoms with E-state index in [4.69, 9.17) is 10.3 Å². The molecule has 0 aliphatic heterocycles. The third-order valence-electron chi connectivity index (χ3n) is 3.03. The zero-order valence-corrected chi connectivity index (χ0v) is 11.9. The van der Waals surface area contributed by atoms with Crippen molar-refractivity contribution in [2.45, 2.75) is 39.2 Å². The number of furan rings is 1. The van der Waals surface area contributed by atoms with Gasteiger partial charge in [0.15, 0.2) is 0 Å². The van der Waals surface area contributed by atoms with Crippen LogP contribution in [-0.2, 0) is 12.8 Å². The van der Waals surface area contributed by atoms with Crippen LogP contribution < -0.4 is 16.6 Å². The van der Waals surface area contributed by atoms with Gasteiger partial charge in [0, 0.05) is 24.9 Å². The Morgan fingerprint density at radius 2 is 2.15 bits per heavy atom. The van der Waals surface area contributed by atoms with Crippen molar-refractivity contribution in [1.29, 1.82) is 0 Å². The fourth-order valence-corrected chi connectivity index (χ4v) is 1.94. The molecule has 108 valence electrons. The van der Waals surface area contributed by atoms with Crippen molar-refractivity contribution in [2.75, 3.05) is 10.7 Å². The van der Waals surface area contributed by atoms with Crippen molar-refractivity contribution in [3.8, 4) is 0 Å². The molecule has 0 fully saturated rings. The Morgan fingerprint density at radius 1 is 1.35 bits per heavy atom. The van der Waals surface area contributed by atoms with Gasteiger partial charge in [0.25, 0.3) is 0 Å². The van der Waals surface area contributed by atoms with E-state index in [0.717, 1.165) is 36.7 Å². The number of rotatable bonds is 7. The molecule has 2 aromatic rings. The molecule has 1 unspecified atom stereocenters. The minimum absolute atomic E-state index is 0.283. The van der Waals surface area contributed by atoms with Gasteiger partial charge in [-0.1, -0.05) is 6.92 Å². The van der Waals surface area contributed by atoms with E-state index in [2.05, 4.69) is 27.6 Å². The van der Waals surface area contributed by atoms with E-state index in [9.17, 15) is 0 Å². The third-order valence-corrected chi connectivity index (χ3v) is 3.03. The zero-order chi connectivity index (χ0) is 14.4. The van der Waals surface area contributed by atoms with Crippen molar-refractivity contribution >= 4 is 11.6 Å². The number of aryl methyl sites for hydroxylation is 2. The van der Waals surface area contributed by atoms with E-state index in [1.807, 2.05) is 25.1 Å². The second kappa shape index (κ2) is 6.91. The van der Waals surface area contributed by atoms with Crippen LogP contribution in [0, 0.1) is 0 Å². The van der Waals surface area contributed by atoms with E-state index < -0.39 is 0 Å². The van der Waals surface area contributed by atoms with Crippen LogP contribution in [0.5, 0.6) is 0 Å². The molecule has 0 saturated heterocycles. The SMILES string of the molecule is CCc1nc(NN)cc(NC(C)CCc2ccco2)n1. The molecule has 1 atom stereocenters. The molecule has 6 nitrogen and oxygen atoms in total. The number of hydrazine groups is 1. The first kappa shape index (κ1) is 14.3. The van der Waals surface area contributed by atoms with Crippen molar-refractivity contribution in [3.63, 3.8) is 0 Å². The lowest BCUT2D eigenvalue weighted by Crippen LogP contribution is -2.18. The minimum atomic E-state index is 0.283. The molecular formula is C14H21N5O.